The molecule has 6 aromatic rings. The summed E-state index contributed by atoms with van der Waals surface area (Å²) in [5, 5.41) is 9.32. The number of aryl methyl sites for hydroxylation is 1. The fraction of sp³-hybridized carbons (Fsp3) is 0.152. The molecule has 0 N–H and O–H groups in total. The molecule has 3 aromatic carbocycles. The average molecular weight is 576 g/mol. The van der Waals surface area contributed by atoms with Gasteiger partial charge in [-0.3, -0.25) is 4.79 Å². The zero-order valence-electron chi connectivity index (χ0n) is 23.5. The van der Waals surface area contributed by atoms with E-state index in [0.29, 0.717) is 33.4 Å². The Morgan fingerprint density at radius 1 is 0.952 bits per heavy atom. The van der Waals surface area contributed by atoms with Gasteiger partial charge in [0, 0.05) is 17.3 Å². The molecular formula is C33H29N5O3S. The lowest BCUT2D eigenvalue weighted by Crippen LogP contribution is -2.23. The third-order valence-corrected chi connectivity index (χ3v) is 7.61. The Labute approximate surface area is 246 Å². The second-order valence-corrected chi connectivity index (χ2v) is 10.8. The molecule has 0 fully saturated rings. The predicted molar refractivity (Wildman–Crippen MR) is 167 cm³/mol. The van der Waals surface area contributed by atoms with E-state index in [1.807, 2.05) is 83.7 Å². The van der Waals surface area contributed by atoms with E-state index in [9.17, 15) is 4.79 Å². The van der Waals surface area contributed by atoms with E-state index in [2.05, 4.69) is 36.1 Å². The third-order valence-electron chi connectivity index (χ3n) is 6.65. The van der Waals surface area contributed by atoms with Crippen molar-refractivity contribution >= 4 is 34.5 Å². The molecule has 3 aromatic heterocycles. The van der Waals surface area contributed by atoms with Crippen LogP contribution in [0.2, 0.25) is 0 Å². The lowest BCUT2D eigenvalue weighted by molar-refractivity contribution is 0.294. The fourth-order valence-corrected chi connectivity index (χ4v) is 5.40. The number of thiazole rings is 1. The van der Waals surface area contributed by atoms with Crippen molar-refractivity contribution in [2.45, 2.75) is 20.3 Å². The van der Waals surface area contributed by atoms with E-state index in [-0.39, 0.29) is 5.56 Å². The molecule has 42 heavy (non-hydrogen) atoms. The number of methoxy groups -OCH3 is 1. The molecule has 0 amide bonds. The molecule has 0 unspecified atom stereocenters. The number of aromatic nitrogens is 5. The first-order chi connectivity index (χ1) is 20.5. The summed E-state index contributed by atoms with van der Waals surface area (Å²) >= 11 is 1.30. The van der Waals surface area contributed by atoms with Crippen molar-refractivity contribution in [1.29, 1.82) is 0 Å². The van der Waals surface area contributed by atoms with E-state index in [1.165, 1.54) is 21.4 Å². The molecule has 0 saturated heterocycles. The topological polar surface area (TPSA) is 83.5 Å². The number of fused-ring (bicyclic) bond motifs is 1. The highest BCUT2D eigenvalue weighted by Gasteiger charge is 2.14. The molecular weight excluding hydrogens is 546 g/mol. The van der Waals surface area contributed by atoms with Gasteiger partial charge >= 0.3 is 0 Å². The van der Waals surface area contributed by atoms with Crippen LogP contribution in [0.15, 0.2) is 83.8 Å². The number of para-hydroxylation sites is 1. The fourth-order valence-electron chi connectivity index (χ4n) is 4.49. The third kappa shape index (κ3) is 5.59. The van der Waals surface area contributed by atoms with Crippen LogP contribution in [0.25, 0.3) is 40.1 Å². The van der Waals surface area contributed by atoms with Crippen molar-refractivity contribution in [3.63, 3.8) is 0 Å². The van der Waals surface area contributed by atoms with E-state index < -0.39 is 0 Å². The molecule has 0 aliphatic heterocycles. The van der Waals surface area contributed by atoms with E-state index in [4.69, 9.17) is 14.6 Å². The molecule has 8 nitrogen and oxygen atoms in total. The van der Waals surface area contributed by atoms with E-state index >= 15 is 0 Å². The highest BCUT2D eigenvalue weighted by atomic mass is 32.1. The molecule has 6 rings (SSSR count). The second kappa shape index (κ2) is 11.8. The average Bonchev–Trinajstić information content (AvgIpc) is 3.70. The van der Waals surface area contributed by atoms with Gasteiger partial charge in [0.05, 0.1) is 29.6 Å². The van der Waals surface area contributed by atoms with Gasteiger partial charge in [-0.2, -0.15) is 14.6 Å². The smallest absolute Gasteiger partial charge is 0.291 e. The number of nitrogens with zero attached hydrogens (tertiary/aromatic N) is 5. The van der Waals surface area contributed by atoms with Gasteiger partial charge in [0.25, 0.3) is 5.56 Å². The van der Waals surface area contributed by atoms with Gasteiger partial charge in [-0.05, 0) is 55.3 Å². The van der Waals surface area contributed by atoms with Crippen LogP contribution in [-0.4, -0.2) is 38.1 Å². The number of ether oxygens (including phenoxy) is 2. The maximum atomic E-state index is 13.4. The molecule has 210 valence electrons. The summed E-state index contributed by atoms with van der Waals surface area (Å²) in [4.78, 5) is 18.5. The highest BCUT2D eigenvalue weighted by Crippen LogP contribution is 2.29. The molecule has 0 saturated carbocycles. The van der Waals surface area contributed by atoms with E-state index in [1.54, 1.807) is 13.2 Å². The normalized spacial score (nSPS) is 12.0. The molecule has 3 heterocycles. The molecule has 0 aliphatic carbocycles. The number of benzene rings is 3. The summed E-state index contributed by atoms with van der Waals surface area (Å²) in [6.07, 6.45) is 8.40. The zero-order chi connectivity index (χ0) is 29.1. The standard InChI is InChI=1S/C33H29N5O3S/c1-4-18-41-27-16-12-23(19-28(27)40-3)13-17-30-34-33-38(35-30)32(39)29(42-33)20-25-21-37(26-8-6-5-7-9-26)36-31(25)24-14-10-22(2)11-15-24/h5-17,19-21H,4,18H2,1-3H3/b17-13+,29-20-. The van der Waals surface area contributed by atoms with Crippen LogP contribution in [0.3, 0.4) is 0 Å². The van der Waals surface area contributed by atoms with Crippen LogP contribution in [0.1, 0.15) is 35.9 Å². The summed E-state index contributed by atoms with van der Waals surface area (Å²) in [5.74, 6) is 1.82. The Balaban J connectivity index is 1.33. The molecule has 0 radical (unpaired) electrons. The van der Waals surface area contributed by atoms with Crippen LogP contribution in [0.4, 0.5) is 0 Å². The predicted octanol–water partition coefficient (Wildman–Crippen LogP) is 5.83. The van der Waals surface area contributed by atoms with Crippen molar-refractivity contribution in [1.82, 2.24) is 24.4 Å². The van der Waals surface area contributed by atoms with Gasteiger partial charge < -0.3 is 9.47 Å². The first-order valence-electron chi connectivity index (χ1n) is 13.6. The SMILES string of the molecule is CCCOc1ccc(/C=C/c2nc3s/c(=C\c4cn(-c5ccccc5)nc4-c4ccc(C)cc4)c(=O)n3n2)cc1OC. The maximum Gasteiger partial charge on any atom is 0.291 e. The van der Waals surface area contributed by atoms with Crippen LogP contribution < -0.4 is 19.6 Å². The minimum Gasteiger partial charge on any atom is -0.493 e. The lowest BCUT2D eigenvalue weighted by atomic mass is 10.1. The number of rotatable bonds is 9. The van der Waals surface area contributed by atoms with Crippen molar-refractivity contribution in [3.8, 4) is 28.4 Å². The largest absolute Gasteiger partial charge is 0.493 e. The highest BCUT2D eigenvalue weighted by molar-refractivity contribution is 7.15. The minimum atomic E-state index is -0.219. The van der Waals surface area contributed by atoms with Gasteiger partial charge in [-0.15, -0.1) is 5.10 Å². The van der Waals surface area contributed by atoms with Gasteiger partial charge in [-0.25, -0.2) is 4.68 Å². The maximum absolute atomic E-state index is 13.4. The van der Waals surface area contributed by atoms with Crippen LogP contribution in [-0.2, 0) is 0 Å². The number of hydrogen-bond acceptors (Lipinski definition) is 7. The van der Waals surface area contributed by atoms with Crippen LogP contribution >= 0.6 is 11.3 Å². The van der Waals surface area contributed by atoms with Gasteiger partial charge in [0.1, 0.15) is 0 Å². The van der Waals surface area contributed by atoms with Crippen molar-refractivity contribution in [3.05, 3.63) is 116 Å². The second-order valence-electron chi connectivity index (χ2n) is 9.75. The minimum absolute atomic E-state index is 0.219. The Morgan fingerprint density at radius 2 is 1.76 bits per heavy atom. The molecule has 0 atom stereocenters. The molecule has 0 bridgehead atoms. The van der Waals surface area contributed by atoms with Gasteiger partial charge in [-0.1, -0.05) is 78.4 Å². The first kappa shape index (κ1) is 27.2. The Bertz CT molecular complexity index is 1990. The summed E-state index contributed by atoms with van der Waals surface area (Å²) in [6.45, 7) is 4.74. The summed E-state index contributed by atoms with van der Waals surface area (Å²) in [5.41, 5.74) is 5.40. The number of hydrogen-bond donors (Lipinski definition) is 0. The van der Waals surface area contributed by atoms with Crippen molar-refractivity contribution < 1.29 is 9.47 Å². The van der Waals surface area contributed by atoms with Crippen molar-refractivity contribution in [2.24, 2.45) is 0 Å². The quantitative estimate of drug-likeness (QED) is 0.216. The monoisotopic (exact) mass is 575 g/mol. The Hall–Kier alpha value is -5.02. The summed E-state index contributed by atoms with van der Waals surface area (Å²) in [7, 11) is 1.62. The van der Waals surface area contributed by atoms with Crippen LogP contribution in [0.5, 0.6) is 11.5 Å². The molecule has 0 spiro atoms. The van der Waals surface area contributed by atoms with Gasteiger partial charge in [0.2, 0.25) is 4.96 Å². The van der Waals surface area contributed by atoms with E-state index in [0.717, 1.165) is 34.5 Å². The Kier molecular flexibility index (Phi) is 7.66. The Morgan fingerprint density at radius 3 is 2.50 bits per heavy atom. The zero-order valence-corrected chi connectivity index (χ0v) is 24.3. The molecule has 9 heteroatoms. The summed E-state index contributed by atoms with van der Waals surface area (Å²) in [6, 6.07) is 23.8. The van der Waals surface area contributed by atoms with Crippen molar-refractivity contribution in [2.75, 3.05) is 13.7 Å². The van der Waals surface area contributed by atoms with Crippen LogP contribution in [0, 0.1) is 6.92 Å². The van der Waals surface area contributed by atoms with Gasteiger partial charge in [0.15, 0.2) is 17.3 Å². The first-order valence-corrected chi connectivity index (χ1v) is 14.5. The summed E-state index contributed by atoms with van der Waals surface area (Å²) < 4.78 is 14.9. The molecule has 0 aliphatic rings. The lowest BCUT2D eigenvalue weighted by Gasteiger charge is -2.10.